The van der Waals surface area contributed by atoms with Crippen molar-refractivity contribution in [1.82, 2.24) is 20.3 Å². The molecule has 3 aromatic heterocycles. The average Bonchev–Trinajstić information content (AvgIpc) is 2.86. The highest BCUT2D eigenvalue weighted by Crippen LogP contribution is 2.28. The van der Waals surface area contributed by atoms with Crippen molar-refractivity contribution in [1.29, 1.82) is 0 Å². The van der Waals surface area contributed by atoms with Crippen molar-refractivity contribution in [2.24, 2.45) is 0 Å². The van der Waals surface area contributed by atoms with Gasteiger partial charge in [0.15, 0.2) is 0 Å². The highest BCUT2D eigenvalue weighted by molar-refractivity contribution is 6.06. The van der Waals surface area contributed by atoms with Gasteiger partial charge in [-0.05, 0) is 38.1 Å². The van der Waals surface area contributed by atoms with Gasteiger partial charge in [0.25, 0.3) is 0 Å². The lowest BCUT2D eigenvalue weighted by Gasteiger charge is -2.23. The molecule has 0 saturated carbocycles. The van der Waals surface area contributed by atoms with Crippen molar-refractivity contribution >= 4 is 27.8 Å². The molecule has 6 nitrogen and oxygen atoms in total. The molecule has 0 atom stereocenters. The van der Waals surface area contributed by atoms with Crippen LogP contribution in [0.2, 0.25) is 0 Å². The van der Waals surface area contributed by atoms with Crippen LogP contribution in [0.4, 0.5) is 5.82 Å². The Bertz CT molecular complexity index is 791. The summed E-state index contributed by atoms with van der Waals surface area (Å²) >= 11 is 0. The minimum absolute atomic E-state index is 0.266. The van der Waals surface area contributed by atoms with E-state index >= 15 is 0 Å². The average molecular weight is 283 g/mol. The lowest BCUT2D eigenvalue weighted by Crippen LogP contribution is -2.34. The zero-order valence-electron chi connectivity index (χ0n) is 11.6. The monoisotopic (exact) mass is 283 g/mol. The Morgan fingerprint density at radius 2 is 1.95 bits per heavy atom. The van der Waals surface area contributed by atoms with Gasteiger partial charge >= 0.3 is 0 Å². The molecule has 0 aliphatic carbocycles. The minimum atomic E-state index is 0.266. The lowest BCUT2D eigenvalue weighted by molar-refractivity contribution is 0.162. The lowest BCUT2D eigenvalue weighted by atomic mass is 10.1. The van der Waals surface area contributed by atoms with Crippen LogP contribution in [0.25, 0.3) is 21.9 Å². The van der Waals surface area contributed by atoms with Crippen molar-refractivity contribution in [3.05, 3.63) is 24.5 Å². The van der Waals surface area contributed by atoms with Crippen LogP contribution in [0.15, 0.2) is 24.5 Å². The number of ether oxygens (including phenoxy) is 1. The maximum Gasteiger partial charge on any atom is 0.138 e. The second kappa shape index (κ2) is 4.89. The van der Waals surface area contributed by atoms with E-state index in [4.69, 9.17) is 10.5 Å². The Balaban J connectivity index is 1.73. The first-order valence-corrected chi connectivity index (χ1v) is 7.20. The zero-order chi connectivity index (χ0) is 14.2. The van der Waals surface area contributed by atoms with Gasteiger partial charge in [0.2, 0.25) is 0 Å². The number of nitrogen functional groups attached to an aromatic ring is 1. The highest BCUT2D eigenvalue weighted by atomic mass is 16.5. The number of nitrogens with zero attached hydrogens (tertiary/aromatic N) is 2. The van der Waals surface area contributed by atoms with E-state index in [-0.39, 0.29) is 6.10 Å². The third kappa shape index (κ3) is 2.27. The van der Waals surface area contributed by atoms with Crippen LogP contribution in [0, 0.1) is 0 Å². The molecule has 0 aromatic carbocycles. The van der Waals surface area contributed by atoms with Crippen LogP contribution in [-0.4, -0.2) is 34.1 Å². The van der Waals surface area contributed by atoms with E-state index in [0.717, 1.165) is 53.6 Å². The van der Waals surface area contributed by atoms with Crippen LogP contribution in [0.5, 0.6) is 5.75 Å². The van der Waals surface area contributed by atoms with Gasteiger partial charge in [-0.3, -0.25) is 0 Å². The molecule has 0 spiro atoms. The topological polar surface area (TPSA) is 88.9 Å². The molecule has 0 amide bonds. The van der Waals surface area contributed by atoms with Gasteiger partial charge in [-0.25, -0.2) is 9.97 Å². The fraction of sp³-hybridized carbons (Fsp3) is 0.333. The first-order valence-electron chi connectivity index (χ1n) is 7.20. The summed E-state index contributed by atoms with van der Waals surface area (Å²) in [6, 6.07) is 3.90. The number of aromatic nitrogens is 3. The van der Waals surface area contributed by atoms with Crippen LogP contribution >= 0.6 is 0 Å². The summed E-state index contributed by atoms with van der Waals surface area (Å²) in [5.74, 6) is 1.32. The van der Waals surface area contributed by atoms with Crippen molar-refractivity contribution < 1.29 is 4.74 Å². The predicted octanol–water partition coefficient (Wildman–Crippen LogP) is 1.82. The molecule has 0 radical (unpaired) electrons. The Kier molecular flexibility index (Phi) is 2.89. The number of aromatic amines is 1. The summed E-state index contributed by atoms with van der Waals surface area (Å²) in [4.78, 5) is 11.8. The number of pyridine rings is 2. The maximum atomic E-state index is 6.05. The fourth-order valence-corrected chi connectivity index (χ4v) is 2.84. The standard InChI is InChI=1S/C15H17N5O/c16-14-6-11-12-5-10(21-9-1-3-17-4-2-9)7-19-15(12)20-13(11)8-18-14/h5-9,17H,1-4H2,(H2,16,18)(H,19,20). The van der Waals surface area contributed by atoms with E-state index in [1.807, 2.05) is 12.1 Å². The molecular weight excluding hydrogens is 266 g/mol. The van der Waals surface area contributed by atoms with E-state index in [0.29, 0.717) is 5.82 Å². The summed E-state index contributed by atoms with van der Waals surface area (Å²) < 4.78 is 6.05. The summed E-state index contributed by atoms with van der Waals surface area (Å²) in [7, 11) is 0. The highest BCUT2D eigenvalue weighted by Gasteiger charge is 2.15. The molecule has 4 heterocycles. The molecule has 108 valence electrons. The Labute approximate surface area is 121 Å². The minimum Gasteiger partial charge on any atom is -0.489 e. The van der Waals surface area contributed by atoms with Gasteiger partial charge in [-0.2, -0.15) is 0 Å². The van der Waals surface area contributed by atoms with Gasteiger partial charge < -0.3 is 20.8 Å². The quantitative estimate of drug-likeness (QED) is 0.667. The number of fused-ring (bicyclic) bond motifs is 3. The number of anilines is 1. The zero-order valence-corrected chi connectivity index (χ0v) is 11.6. The predicted molar refractivity (Wildman–Crippen MR) is 82.3 cm³/mol. The maximum absolute atomic E-state index is 6.05. The summed E-state index contributed by atoms with van der Waals surface area (Å²) in [6.45, 7) is 2.02. The van der Waals surface area contributed by atoms with Crippen molar-refractivity contribution in [3.8, 4) is 5.75 Å². The first kappa shape index (κ1) is 12.4. The molecule has 0 bridgehead atoms. The number of nitrogens with one attached hydrogen (secondary N) is 2. The smallest absolute Gasteiger partial charge is 0.138 e. The summed E-state index contributed by atoms with van der Waals surface area (Å²) in [5.41, 5.74) is 7.54. The molecule has 21 heavy (non-hydrogen) atoms. The van der Waals surface area contributed by atoms with Gasteiger partial charge in [-0.1, -0.05) is 0 Å². The van der Waals surface area contributed by atoms with E-state index in [2.05, 4.69) is 20.3 Å². The normalized spacial score (nSPS) is 16.6. The number of rotatable bonds is 2. The molecule has 1 aliphatic heterocycles. The molecular formula is C15H17N5O. The van der Waals surface area contributed by atoms with E-state index < -0.39 is 0 Å². The SMILES string of the molecule is Nc1cc2c(cn1)[nH]c1ncc(OC3CCNCC3)cc12. The Morgan fingerprint density at radius 1 is 1.10 bits per heavy atom. The summed E-state index contributed by atoms with van der Waals surface area (Å²) in [5, 5.41) is 5.38. The van der Waals surface area contributed by atoms with E-state index in [1.54, 1.807) is 12.4 Å². The second-order valence-electron chi connectivity index (χ2n) is 5.41. The number of hydrogen-bond donors (Lipinski definition) is 3. The molecule has 4 rings (SSSR count). The van der Waals surface area contributed by atoms with Gasteiger partial charge in [0.1, 0.15) is 23.3 Å². The number of hydrogen-bond acceptors (Lipinski definition) is 5. The fourth-order valence-electron chi connectivity index (χ4n) is 2.84. The van der Waals surface area contributed by atoms with Crippen molar-refractivity contribution in [2.45, 2.75) is 18.9 Å². The van der Waals surface area contributed by atoms with Crippen LogP contribution in [0.1, 0.15) is 12.8 Å². The Hall–Kier alpha value is -2.34. The van der Waals surface area contributed by atoms with Crippen LogP contribution in [-0.2, 0) is 0 Å². The van der Waals surface area contributed by atoms with Crippen LogP contribution < -0.4 is 15.8 Å². The number of piperidine rings is 1. The Morgan fingerprint density at radius 3 is 2.81 bits per heavy atom. The molecule has 1 saturated heterocycles. The third-order valence-corrected chi connectivity index (χ3v) is 3.92. The largest absolute Gasteiger partial charge is 0.489 e. The molecule has 1 fully saturated rings. The molecule has 6 heteroatoms. The van der Waals surface area contributed by atoms with Crippen LogP contribution in [0.3, 0.4) is 0 Å². The van der Waals surface area contributed by atoms with Crippen molar-refractivity contribution in [3.63, 3.8) is 0 Å². The molecule has 0 unspecified atom stereocenters. The summed E-state index contributed by atoms with van der Waals surface area (Å²) in [6.07, 6.45) is 5.84. The molecule has 4 N–H and O–H groups in total. The second-order valence-corrected chi connectivity index (χ2v) is 5.41. The van der Waals surface area contributed by atoms with E-state index in [1.165, 1.54) is 0 Å². The first-order chi connectivity index (χ1) is 10.3. The van der Waals surface area contributed by atoms with Gasteiger partial charge in [0.05, 0.1) is 17.9 Å². The molecule has 1 aliphatic rings. The van der Waals surface area contributed by atoms with E-state index in [9.17, 15) is 0 Å². The molecule has 3 aromatic rings. The number of nitrogens with two attached hydrogens (primary N) is 1. The number of H-pyrrole nitrogens is 1. The van der Waals surface area contributed by atoms with Crippen molar-refractivity contribution in [2.75, 3.05) is 18.8 Å². The third-order valence-electron chi connectivity index (χ3n) is 3.92. The van der Waals surface area contributed by atoms with Gasteiger partial charge in [-0.15, -0.1) is 0 Å². The van der Waals surface area contributed by atoms with Gasteiger partial charge in [0, 0.05) is 10.8 Å².